The summed E-state index contributed by atoms with van der Waals surface area (Å²) in [5, 5.41) is 13.3. The van der Waals surface area contributed by atoms with Crippen molar-refractivity contribution < 1.29 is 19.1 Å². The Morgan fingerprint density at radius 1 is 1.39 bits per heavy atom. The summed E-state index contributed by atoms with van der Waals surface area (Å²) in [7, 11) is 0. The van der Waals surface area contributed by atoms with Crippen LogP contribution in [0.4, 0.5) is 10.2 Å². The summed E-state index contributed by atoms with van der Waals surface area (Å²) in [5.41, 5.74) is 5.64. The second kappa shape index (κ2) is 5.99. The number of aromatic nitrogens is 2. The van der Waals surface area contributed by atoms with E-state index in [0.717, 1.165) is 24.6 Å². The van der Waals surface area contributed by atoms with Crippen LogP contribution in [-0.2, 0) is 4.84 Å². The molecule has 0 radical (unpaired) electrons. The van der Waals surface area contributed by atoms with Crippen molar-refractivity contribution in [2.75, 3.05) is 24.5 Å². The molecular weight excluding hydrogens is 369 g/mol. The normalized spacial score (nSPS) is 23.6. The van der Waals surface area contributed by atoms with Crippen molar-refractivity contribution >= 4 is 28.5 Å². The van der Waals surface area contributed by atoms with E-state index in [2.05, 4.69) is 10.1 Å². The van der Waals surface area contributed by atoms with Gasteiger partial charge < -0.3 is 25.1 Å². The van der Waals surface area contributed by atoms with E-state index < -0.39 is 17.2 Å². The monoisotopic (exact) mass is 387 g/mol. The molecule has 28 heavy (non-hydrogen) atoms. The van der Waals surface area contributed by atoms with Gasteiger partial charge in [0, 0.05) is 25.3 Å². The maximum Gasteiger partial charge on any atom is 0.341 e. The molecule has 1 saturated heterocycles. The molecule has 5 rings (SSSR count). The fourth-order valence-electron chi connectivity index (χ4n) is 4.01. The smallest absolute Gasteiger partial charge is 0.341 e. The highest BCUT2D eigenvalue weighted by molar-refractivity contribution is 5.92. The molecule has 4 heterocycles. The Morgan fingerprint density at radius 3 is 2.86 bits per heavy atom. The van der Waals surface area contributed by atoms with Crippen molar-refractivity contribution in [3.8, 4) is 0 Å². The molecule has 0 amide bonds. The van der Waals surface area contributed by atoms with Gasteiger partial charge in [0.2, 0.25) is 5.43 Å². The predicted molar refractivity (Wildman–Crippen MR) is 98.3 cm³/mol. The zero-order valence-corrected chi connectivity index (χ0v) is 14.8. The van der Waals surface area contributed by atoms with E-state index >= 15 is 0 Å². The minimum absolute atomic E-state index is 0.0121. The standard InChI is InChI=1S/C18H18FN5O4/c19-12-3-9-15(25)11(18(26)27)6-24(8-1-2-8)16(9)21-17(12)23-5-10-13(4-20)22-28-14(10)7-23/h3,6,8,10,14H,1-2,4-5,7,20H2,(H,26,27). The molecule has 9 nitrogen and oxygen atoms in total. The van der Waals surface area contributed by atoms with Gasteiger partial charge in [0.15, 0.2) is 17.7 Å². The van der Waals surface area contributed by atoms with Crippen molar-refractivity contribution in [2.45, 2.75) is 25.0 Å². The summed E-state index contributed by atoms with van der Waals surface area (Å²) < 4.78 is 16.6. The number of halogens is 1. The Bertz CT molecular complexity index is 1090. The third-order valence-corrected chi connectivity index (χ3v) is 5.62. The van der Waals surface area contributed by atoms with Crippen molar-refractivity contribution in [1.82, 2.24) is 9.55 Å². The van der Waals surface area contributed by atoms with Crippen molar-refractivity contribution in [1.29, 1.82) is 0 Å². The first-order valence-electron chi connectivity index (χ1n) is 9.14. The summed E-state index contributed by atoms with van der Waals surface area (Å²) in [6.07, 6.45) is 2.85. The number of oxime groups is 1. The first kappa shape index (κ1) is 17.1. The SMILES string of the molecule is NCC1=NOC2CN(c3nc4c(cc3F)c(=O)c(C(=O)O)cn4C3CC3)CC12. The number of anilines is 1. The van der Waals surface area contributed by atoms with E-state index in [-0.39, 0.29) is 41.4 Å². The highest BCUT2D eigenvalue weighted by Crippen LogP contribution is 2.38. The number of aromatic carboxylic acids is 1. The Balaban J connectivity index is 1.62. The molecule has 3 N–H and O–H groups in total. The average Bonchev–Trinajstić information content (AvgIpc) is 3.30. The number of rotatable bonds is 4. The Kier molecular flexibility index (Phi) is 3.66. The largest absolute Gasteiger partial charge is 0.477 e. The zero-order valence-electron chi connectivity index (χ0n) is 14.8. The molecular formula is C18H18FN5O4. The second-order valence-electron chi connectivity index (χ2n) is 7.42. The number of carboxylic acid groups (broad SMARTS) is 1. The summed E-state index contributed by atoms with van der Waals surface area (Å²) in [6, 6.07) is 1.17. The van der Waals surface area contributed by atoms with Gasteiger partial charge in [0.1, 0.15) is 11.2 Å². The maximum atomic E-state index is 14.9. The van der Waals surface area contributed by atoms with Crippen LogP contribution in [0.1, 0.15) is 29.2 Å². The van der Waals surface area contributed by atoms with E-state index in [1.807, 2.05) is 0 Å². The number of hydrogen-bond acceptors (Lipinski definition) is 7. The van der Waals surface area contributed by atoms with Gasteiger partial charge in [-0.15, -0.1) is 0 Å². The first-order valence-corrected chi connectivity index (χ1v) is 9.14. The highest BCUT2D eigenvalue weighted by atomic mass is 19.1. The number of carboxylic acids is 1. The molecule has 10 heteroatoms. The van der Waals surface area contributed by atoms with Gasteiger partial charge in [0.05, 0.1) is 23.6 Å². The van der Waals surface area contributed by atoms with Crippen LogP contribution in [0.25, 0.3) is 11.0 Å². The summed E-state index contributed by atoms with van der Waals surface area (Å²) in [4.78, 5) is 35.6. The fraction of sp³-hybridized carbons (Fsp3) is 0.444. The lowest BCUT2D eigenvalue weighted by Crippen LogP contribution is -2.28. The molecule has 0 bridgehead atoms. The molecule has 2 atom stereocenters. The average molecular weight is 387 g/mol. The quantitative estimate of drug-likeness (QED) is 0.792. The molecule has 1 aliphatic carbocycles. The number of nitrogens with zero attached hydrogens (tertiary/aromatic N) is 4. The third kappa shape index (κ3) is 2.48. The van der Waals surface area contributed by atoms with E-state index in [1.54, 1.807) is 9.47 Å². The van der Waals surface area contributed by atoms with Gasteiger partial charge in [-0.2, -0.15) is 0 Å². The minimum atomic E-state index is -1.33. The van der Waals surface area contributed by atoms with Crippen LogP contribution < -0.4 is 16.1 Å². The van der Waals surface area contributed by atoms with E-state index in [0.29, 0.717) is 18.7 Å². The van der Waals surface area contributed by atoms with E-state index in [9.17, 15) is 19.1 Å². The van der Waals surface area contributed by atoms with Crippen LogP contribution in [0.5, 0.6) is 0 Å². The number of pyridine rings is 2. The Morgan fingerprint density at radius 2 is 2.18 bits per heavy atom. The summed E-state index contributed by atoms with van der Waals surface area (Å²) in [6.45, 7) is 1.16. The molecule has 0 aromatic carbocycles. The number of carbonyl (C=O) groups is 1. The Hall–Kier alpha value is -3.01. The number of fused-ring (bicyclic) bond motifs is 2. The lowest BCUT2D eigenvalue weighted by atomic mass is 10.0. The zero-order chi connectivity index (χ0) is 19.6. The highest BCUT2D eigenvalue weighted by Gasteiger charge is 2.43. The van der Waals surface area contributed by atoms with Gasteiger partial charge in [-0.05, 0) is 18.9 Å². The van der Waals surface area contributed by atoms with Crippen LogP contribution in [0, 0.1) is 11.7 Å². The number of hydrogen-bond donors (Lipinski definition) is 2. The van der Waals surface area contributed by atoms with Crippen LogP contribution in [0.15, 0.2) is 22.2 Å². The lowest BCUT2D eigenvalue weighted by molar-refractivity contribution is 0.0694. The molecule has 0 spiro atoms. The molecule has 2 aromatic heterocycles. The summed E-state index contributed by atoms with van der Waals surface area (Å²) in [5.74, 6) is -1.88. The van der Waals surface area contributed by atoms with Crippen molar-refractivity contribution in [3.63, 3.8) is 0 Å². The number of nitrogens with two attached hydrogens (primary N) is 1. The van der Waals surface area contributed by atoms with Gasteiger partial charge in [-0.1, -0.05) is 5.16 Å². The molecule has 1 saturated carbocycles. The molecule has 3 aliphatic rings. The topological polar surface area (TPSA) is 123 Å². The molecule has 2 fully saturated rings. The minimum Gasteiger partial charge on any atom is -0.477 e. The third-order valence-electron chi connectivity index (χ3n) is 5.62. The van der Waals surface area contributed by atoms with E-state index in [1.165, 1.54) is 6.20 Å². The van der Waals surface area contributed by atoms with Crippen LogP contribution in [0.3, 0.4) is 0 Å². The predicted octanol–water partition coefficient (Wildman–Crippen LogP) is 0.718. The van der Waals surface area contributed by atoms with Crippen molar-refractivity contribution in [2.24, 2.45) is 16.8 Å². The van der Waals surface area contributed by atoms with Crippen LogP contribution in [-0.4, -0.2) is 52.1 Å². The van der Waals surface area contributed by atoms with Crippen LogP contribution >= 0.6 is 0 Å². The van der Waals surface area contributed by atoms with Gasteiger partial charge in [-0.25, -0.2) is 14.2 Å². The van der Waals surface area contributed by atoms with Crippen LogP contribution in [0.2, 0.25) is 0 Å². The fourth-order valence-corrected chi connectivity index (χ4v) is 4.01. The molecule has 2 unspecified atom stereocenters. The van der Waals surface area contributed by atoms with Gasteiger partial charge in [-0.3, -0.25) is 4.79 Å². The Labute approximate surface area is 158 Å². The molecule has 146 valence electrons. The molecule has 2 aliphatic heterocycles. The van der Waals surface area contributed by atoms with Gasteiger partial charge in [0.25, 0.3) is 0 Å². The van der Waals surface area contributed by atoms with Crippen molar-refractivity contribution in [3.05, 3.63) is 33.9 Å². The van der Waals surface area contributed by atoms with Gasteiger partial charge >= 0.3 is 5.97 Å². The first-order chi connectivity index (χ1) is 13.5. The lowest BCUT2D eigenvalue weighted by Gasteiger charge is -2.20. The summed E-state index contributed by atoms with van der Waals surface area (Å²) >= 11 is 0. The maximum absolute atomic E-state index is 14.9. The van der Waals surface area contributed by atoms with E-state index in [4.69, 9.17) is 10.6 Å². The second-order valence-corrected chi connectivity index (χ2v) is 7.42. The molecule has 2 aromatic rings.